The SMILES string of the molecule is CCCCOc1cccc2c1NC(c1ccc(Cl)cc1)C1CC=CC21. The highest BCUT2D eigenvalue weighted by atomic mass is 35.5. The molecule has 3 atom stereocenters. The van der Waals surface area contributed by atoms with E-state index in [0.29, 0.717) is 11.8 Å². The van der Waals surface area contributed by atoms with E-state index in [9.17, 15) is 0 Å². The Morgan fingerprint density at radius 3 is 2.80 bits per heavy atom. The van der Waals surface area contributed by atoms with Crippen LogP contribution in [0, 0.1) is 5.92 Å². The minimum absolute atomic E-state index is 0.278. The lowest BCUT2D eigenvalue weighted by molar-refractivity contribution is 0.308. The number of halogens is 1. The molecule has 130 valence electrons. The predicted molar refractivity (Wildman–Crippen MR) is 105 cm³/mol. The largest absolute Gasteiger partial charge is 0.491 e. The molecule has 2 nitrogen and oxygen atoms in total. The van der Waals surface area contributed by atoms with Gasteiger partial charge in [-0.25, -0.2) is 0 Å². The van der Waals surface area contributed by atoms with Crippen LogP contribution in [-0.2, 0) is 0 Å². The fourth-order valence-corrected chi connectivity index (χ4v) is 4.17. The first-order valence-electron chi connectivity index (χ1n) is 9.22. The van der Waals surface area contributed by atoms with Gasteiger partial charge in [0.15, 0.2) is 0 Å². The molecular formula is C22H24ClNO. The highest BCUT2D eigenvalue weighted by molar-refractivity contribution is 6.30. The van der Waals surface area contributed by atoms with Crippen LogP contribution >= 0.6 is 11.6 Å². The van der Waals surface area contributed by atoms with Crippen molar-refractivity contribution >= 4 is 17.3 Å². The van der Waals surface area contributed by atoms with E-state index in [-0.39, 0.29) is 6.04 Å². The zero-order valence-corrected chi connectivity index (χ0v) is 15.3. The second kappa shape index (κ2) is 7.13. The third-order valence-electron chi connectivity index (χ3n) is 5.34. The Kier molecular flexibility index (Phi) is 4.72. The van der Waals surface area contributed by atoms with Gasteiger partial charge in [-0.3, -0.25) is 0 Å². The second-order valence-electron chi connectivity index (χ2n) is 6.95. The minimum Gasteiger partial charge on any atom is -0.491 e. The van der Waals surface area contributed by atoms with Crippen LogP contribution in [0.15, 0.2) is 54.6 Å². The molecule has 0 fully saturated rings. The molecular weight excluding hydrogens is 330 g/mol. The van der Waals surface area contributed by atoms with Gasteiger partial charge in [0.25, 0.3) is 0 Å². The van der Waals surface area contributed by atoms with Crippen molar-refractivity contribution in [1.82, 2.24) is 0 Å². The van der Waals surface area contributed by atoms with E-state index in [2.05, 4.69) is 54.7 Å². The molecule has 0 aromatic heterocycles. The van der Waals surface area contributed by atoms with Gasteiger partial charge in [0.05, 0.1) is 18.3 Å². The Morgan fingerprint density at radius 2 is 2.00 bits per heavy atom. The van der Waals surface area contributed by atoms with Crippen molar-refractivity contribution in [3.8, 4) is 5.75 Å². The normalized spacial score (nSPS) is 23.7. The molecule has 1 aliphatic carbocycles. The summed E-state index contributed by atoms with van der Waals surface area (Å²) in [6, 6.07) is 15.0. The summed E-state index contributed by atoms with van der Waals surface area (Å²) < 4.78 is 6.09. The maximum Gasteiger partial charge on any atom is 0.142 e. The maximum atomic E-state index is 6.09. The van der Waals surface area contributed by atoms with Crippen LogP contribution in [0.5, 0.6) is 5.75 Å². The van der Waals surface area contributed by atoms with Crippen LogP contribution in [0.2, 0.25) is 5.02 Å². The lowest BCUT2D eigenvalue weighted by atomic mass is 9.77. The number of hydrogen-bond donors (Lipinski definition) is 1. The average molecular weight is 354 g/mol. The molecule has 2 aromatic carbocycles. The smallest absolute Gasteiger partial charge is 0.142 e. The van der Waals surface area contributed by atoms with Crippen LogP contribution < -0.4 is 10.1 Å². The highest BCUT2D eigenvalue weighted by Crippen LogP contribution is 2.52. The van der Waals surface area contributed by atoms with Gasteiger partial charge in [0, 0.05) is 10.9 Å². The second-order valence-corrected chi connectivity index (χ2v) is 7.39. The van der Waals surface area contributed by atoms with Gasteiger partial charge in [0.2, 0.25) is 0 Å². The van der Waals surface area contributed by atoms with Crippen molar-refractivity contribution in [2.45, 2.75) is 38.1 Å². The van der Waals surface area contributed by atoms with Crippen LogP contribution in [0.1, 0.15) is 49.3 Å². The monoisotopic (exact) mass is 353 g/mol. The van der Waals surface area contributed by atoms with Gasteiger partial charge in [-0.1, -0.05) is 61.4 Å². The minimum atomic E-state index is 0.278. The molecule has 25 heavy (non-hydrogen) atoms. The number of ether oxygens (including phenoxy) is 1. The molecule has 3 heteroatoms. The first-order chi connectivity index (χ1) is 12.3. The fourth-order valence-electron chi connectivity index (χ4n) is 4.04. The summed E-state index contributed by atoms with van der Waals surface area (Å²) >= 11 is 6.09. The standard InChI is InChI=1S/C22H24ClNO/c1-2-3-14-25-20-9-5-8-19-17-6-4-7-18(17)21(24-22(19)20)15-10-12-16(23)13-11-15/h4-6,8-13,17-18,21,24H,2-3,7,14H2,1H3. The van der Waals surface area contributed by atoms with Gasteiger partial charge in [-0.2, -0.15) is 0 Å². The first-order valence-corrected chi connectivity index (χ1v) is 9.60. The number of para-hydroxylation sites is 1. The number of hydrogen-bond acceptors (Lipinski definition) is 2. The molecule has 1 heterocycles. The molecule has 0 amide bonds. The Balaban J connectivity index is 1.70. The van der Waals surface area contributed by atoms with Crippen molar-refractivity contribution in [2.24, 2.45) is 5.92 Å². The zero-order valence-electron chi connectivity index (χ0n) is 14.5. The predicted octanol–water partition coefficient (Wildman–Crippen LogP) is 6.35. The molecule has 1 N–H and O–H groups in total. The first kappa shape index (κ1) is 16.5. The van der Waals surface area contributed by atoms with E-state index in [1.54, 1.807) is 0 Å². The highest BCUT2D eigenvalue weighted by Gasteiger charge is 2.38. The number of benzene rings is 2. The van der Waals surface area contributed by atoms with Crippen LogP contribution in [0.3, 0.4) is 0 Å². The summed E-state index contributed by atoms with van der Waals surface area (Å²) in [5.41, 5.74) is 3.81. The zero-order chi connectivity index (χ0) is 17.2. The van der Waals surface area contributed by atoms with E-state index in [0.717, 1.165) is 42.3 Å². The molecule has 0 saturated heterocycles. The Labute approximate surface area is 154 Å². The number of allylic oxidation sites excluding steroid dienone is 2. The Hall–Kier alpha value is -1.93. The van der Waals surface area contributed by atoms with Crippen molar-refractivity contribution in [3.05, 3.63) is 70.8 Å². The quantitative estimate of drug-likeness (QED) is 0.499. The molecule has 2 aromatic rings. The number of nitrogens with one attached hydrogen (secondary N) is 1. The molecule has 0 bridgehead atoms. The Morgan fingerprint density at radius 1 is 1.16 bits per heavy atom. The van der Waals surface area contributed by atoms with Crippen molar-refractivity contribution in [1.29, 1.82) is 0 Å². The summed E-state index contributed by atoms with van der Waals surface area (Å²) in [4.78, 5) is 0. The van der Waals surface area contributed by atoms with Gasteiger partial charge >= 0.3 is 0 Å². The summed E-state index contributed by atoms with van der Waals surface area (Å²) in [5, 5.41) is 4.57. The molecule has 0 radical (unpaired) electrons. The average Bonchev–Trinajstić information content (AvgIpc) is 3.12. The van der Waals surface area contributed by atoms with E-state index in [1.807, 2.05) is 12.1 Å². The summed E-state index contributed by atoms with van der Waals surface area (Å²) in [6.07, 6.45) is 8.01. The molecule has 1 aliphatic heterocycles. The third-order valence-corrected chi connectivity index (χ3v) is 5.60. The van der Waals surface area contributed by atoms with Crippen molar-refractivity contribution < 1.29 is 4.74 Å². The summed E-state index contributed by atoms with van der Waals surface area (Å²) in [7, 11) is 0. The van der Waals surface area contributed by atoms with E-state index < -0.39 is 0 Å². The Bertz CT molecular complexity index is 768. The maximum absolute atomic E-state index is 6.09. The molecule has 2 aliphatic rings. The molecule has 0 saturated carbocycles. The topological polar surface area (TPSA) is 21.3 Å². The van der Waals surface area contributed by atoms with Crippen molar-refractivity contribution in [2.75, 3.05) is 11.9 Å². The molecule has 0 spiro atoms. The van der Waals surface area contributed by atoms with Gasteiger partial charge < -0.3 is 10.1 Å². The van der Waals surface area contributed by atoms with E-state index >= 15 is 0 Å². The van der Waals surface area contributed by atoms with E-state index in [1.165, 1.54) is 11.1 Å². The van der Waals surface area contributed by atoms with Crippen LogP contribution in [-0.4, -0.2) is 6.61 Å². The number of unbranched alkanes of at least 4 members (excludes halogenated alkanes) is 1. The van der Waals surface area contributed by atoms with Crippen LogP contribution in [0.25, 0.3) is 0 Å². The van der Waals surface area contributed by atoms with Crippen LogP contribution in [0.4, 0.5) is 5.69 Å². The summed E-state index contributed by atoms with van der Waals surface area (Å²) in [6.45, 7) is 2.96. The lowest BCUT2D eigenvalue weighted by Crippen LogP contribution is -2.29. The number of fused-ring (bicyclic) bond motifs is 3. The number of anilines is 1. The fraction of sp³-hybridized carbons (Fsp3) is 0.364. The molecule has 4 rings (SSSR count). The van der Waals surface area contributed by atoms with Gasteiger partial charge in [-0.15, -0.1) is 0 Å². The number of rotatable bonds is 5. The third kappa shape index (κ3) is 3.16. The lowest BCUT2D eigenvalue weighted by Gasteiger charge is -2.38. The molecule has 3 unspecified atom stereocenters. The van der Waals surface area contributed by atoms with Crippen molar-refractivity contribution in [3.63, 3.8) is 0 Å². The van der Waals surface area contributed by atoms with Gasteiger partial charge in [0.1, 0.15) is 5.75 Å². The van der Waals surface area contributed by atoms with Gasteiger partial charge in [-0.05, 0) is 48.1 Å². The summed E-state index contributed by atoms with van der Waals surface area (Å²) in [5.74, 6) is 1.97. The van der Waals surface area contributed by atoms with E-state index in [4.69, 9.17) is 16.3 Å².